The molecule has 2 aliphatic rings. The van der Waals surface area contributed by atoms with Crippen LogP contribution >= 0.6 is 11.3 Å². The number of carbonyl (C=O) groups excluding carboxylic acids is 1. The molecular weight excluding hydrogens is 374 g/mol. The predicted molar refractivity (Wildman–Crippen MR) is 108 cm³/mol. The first-order valence-electron chi connectivity index (χ1n) is 9.43. The van der Waals surface area contributed by atoms with Gasteiger partial charge in [0.1, 0.15) is 22.1 Å². The smallest absolute Gasteiger partial charge is 0.273 e. The number of amides is 1. The molecule has 2 N–H and O–H groups in total. The molecule has 1 saturated carbocycles. The molecule has 1 fully saturated rings. The fraction of sp³-hybridized carbons (Fsp3) is 0.300. The van der Waals surface area contributed by atoms with Crippen molar-refractivity contribution in [2.45, 2.75) is 38.0 Å². The van der Waals surface area contributed by atoms with Crippen molar-refractivity contribution < 1.29 is 9.90 Å². The van der Waals surface area contributed by atoms with E-state index in [4.69, 9.17) is 10.1 Å². The molecule has 0 atom stereocenters. The maximum atomic E-state index is 12.6. The van der Waals surface area contributed by atoms with Gasteiger partial charge in [-0.15, -0.1) is 0 Å². The van der Waals surface area contributed by atoms with Crippen molar-refractivity contribution in [3.63, 3.8) is 0 Å². The van der Waals surface area contributed by atoms with Crippen LogP contribution in [0.2, 0.25) is 0 Å². The third-order valence-electron chi connectivity index (χ3n) is 5.30. The van der Waals surface area contributed by atoms with Gasteiger partial charge in [0.25, 0.3) is 5.91 Å². The normalized spacial score (nSPS) is 19.0. The summed E-state index contributed by atoms with van der Waals surface area (Å²) in [6, 6.07) is 6.88. The summed E-state index contributed by atoms with van der Waals surface area (Å²) in [5.41, 5.74) is 4.61. The Labute approximate surface area is 165 Å². The largest absolute Gasteiger partial charge is 0.507 e. The second-order valence-corrected chi connectivity index (χ2v) is 8.12. The molecule has 7 nitrogen and oxygen atoms in total. The molecular formula is C20H19N5O2S. The van der Waals surface area contributed by atoms with Gasteiger partial charge in [0.05, 0.1) is 11.8 Å². The third-order valence-corrected chi connectivity index (χ3v) is 6.37. The molecule has 8 heteroatoms. The van der Waals surface area contributed by atoms with Crippen LogP contribution in [0.15, 0.2) is 29.4 Å². The van der Waals surface area contributed by atoms with Gasteiger partial charge in [-0.3, -0.25) is 4.79 Å². The number of nitrogens with one attached hydrogen (secondary N) is 1. The van der Waals surface area contributed by atoms with Crippen molar-refractivity contribution in [3.8, 4) is 5.75 Å². The number of carbonyl (C=O) groups is 1. The molecule has 1 aliphatic heterocycles. The number of nitrogens with zero attached hydrogens (tertiary/aromatic N) is 4. The molecule has 28 heavy (non-hydrogen) atoms. The summed E-state index contributed by atoms with van der Waals surface area (Å²) >= 11 is 1.59. The number of phenolic OH excluding ortho intramolecular Hbond substituents is 1. The maximum Gasteiger partial charge on any atom is 0.273 e. The van der Waals surface area contributed by atoms with Crippen LogP contribution in [-0.2, 0) is 4.79 Å². The van der Waals surface area contributed by atoms with Crippen LogP contribution in [0.4, 0.5) is 0 Å². The number of hydrazone groups is 1. The summed E-state index contributed by atoms with van der Waals surface area (Å²) in [6.45, 7) is 0. The summed E-state index contributed by atoms with van der Waals surface area (Å²) in [7, 11) is 0. The molecule has 3 aromatic rings. The number of aromatic hydroxyl groups is 1. The number of benzene rings is 1. The minimum absolute atomic E-state index is 0.105. The Morgan fingerprint density at radius 2 is 2.04 bits per heavy atom. The average Bonchev–Trinajstić information content (AvgIpc) is 3.23. The third kappa shape index (κ3) is 2.90. The van der Waals surface area contributed by atoms with Crippen LogP contribution < -0.4 is 5.43 Å². The molecule has 142 valence electrons. The van der Waals surface area contributed by atoms with Crippen molar-refractivity contribution in [2.24, 2.45) is 5.10 Å². The molecule has 0 bridgehead atoms. The first-order chi connectivity index (χ1) is 13.7. The van der Waals surface area contributed by atoms with E-state index in [0.717, 1.165) is 9.97 Å². The highest BCUT2D eigenvalue weighted by atomic mass is 32.1. The lowest BCUT2D eigenvalue weighted by Gasteiger charge is -2.18. The van der Waals surface area contributed by atoms with E-state index in [1.54, 1.807) is 46.3 Å². The van der Waals surface area contributed by atoms with Crippen LogP contribution in [-0.4, -0.2) is 31.8 Å². The SMILES string of the molecule is O=C1NN=Cc2c(nc3sc(C4CCCCC4)nn23)/C1=C/c1ccccc1O. The summed E-state index contributed by atoms with van der Waals surface area (Å²) in [5, 5.41) is 20.0. The Morgan fingerprint density at radius 3 is 2.86 bits per heavy atom. The minimum Gasteiger partial charge on any atom is -0.507 e. The van der Waals surface area contributed by atoms with E-state index >= 15 is 0 Å². The van der Waals surface area contributed by atoms with Gasteiger partial charge >= 0.3 is 0 Å². The van der Waals surface area contributed by atoms with Crippen molar-refractivity contribution in [1.82, 2.24) is 20.0 Å². The second-order valence-electron chi connectivity index (χ2n) is 7.13. The standard InChI is InChI=1S/C20H19N5O2S/c26-16-9-5-4-8-13(16)10-14-17-15(11-21-23-18(14)27)25-20(22-17)28-19(24-25)12-6-2-1-3-7-12/h4-5,8-12,26H,1-3,6-7H2,(H,23,27)/b14-10-. The Hall–Kier alpha value is -3.00. The Kier molecular flexibility index (Phi) is 4.20. The highest BCUT2D eigenvalue weighted by molar-refractivity contribution is 7.16. The molecule has 1 amide bonds. The van der Waals surface area contributed by atoms with Gasteiger partial charge in [-0.25, -0.2) is 14.9 Å². The van der Waals surface area contributed by atoms with Crippen LogP contribution in [0.3, 0.4) is 0 Å². The number of fused-ring (bicyclic) bond motifs is 3. The van der Waals surface area contributed by atoms with Crippen LogP contribution in [0.5, 0.6) is 5.75 Å². The lowest BCUT2D eigenvalue weighted by molar-refractivity contribution is -0.115. The van der Waals surface area contributed by atoms with Crippen molar-refractivity contribution in [1.29, 1.82) is 0 Å². The van der Waals surface area contributed by atoms with E-state index in [1.165, 1.54) is 32.1 Å². The molecule has 1 aromatic carbocycles. The van der Waals surface area contributed by atoms with E-state index in [2.05, 4.69) is 10.5 Å². The van der Waals surface area contributed by atoms with Gasteiger partial charge in [0.2, 0.25) is 4.96 Å². The highest BCUT2D eigenvalue weighted by Crippen LogP contribution is 2.36. The zero-order valence-electron chi connectivity index (χ0n) is 15.1. The molecule has 0 radical (unpaired) electrons. The van der Waals surface area contributed by atoms with Crippen molar-refractivity contribution in [3.05, 3.63) is 46.2 Å². The highest BCUT2D eigenvalue weighted by Gasteiger charge is 2.27. The first-order valence-corrected chi connectivity index (χ1v) is 10.3. The lowest BCUT2D eigenvalue weighted by atomic mass is 9.90. The van der Waals surface area contributed by atoms with Crippen molar-refractivity contribution >= 4 is 40.1 Å². The van der Waals surface area contributed by atoms with Gasteiger partial charge in [-0.05, 0) is 25.0 Å². The molecule has 0 spiro atoms. The maximum absolute atomic E-state index is 12.6. The van der Waals surface area contributed by atoms with Crippen LogP contribution in [0.25, 0.3) is 16.6 Å². The van der Waals surface area contributed by atoms with Gasteiger partial charge in [0, 0.05) is 11.5 Å². The van der Waals surface area contributed by atoms with Gasteiger partial charge in [0.15, 0.2) is 0 Å². The Morgan fingerprint density at radius 1 is 1.21 bits per heavy atom. The molecule has 0 saturated heterocycles. The lowest BCUT2D eigenvalue weighted by Crippen LogP contribution is -2.17. The fourth-order valence-electron chi connectivity index (χ4n) is 3.83. The molecule has 0 unspecified atom stereocenters. The van der Waals surface area contributed by atoms with Crippen LogP contribution in [0, 0.1) is 0 Å². The van der Waals surface area contributed by atoms with E-state index in [0.29, 0.717) is 28.4 Å². The minimum atomic E-state index is -0.364. The summed E-state index contributed by atoms with van der Waals surface area (Å²) in [5.74, 6) is 0.236. The quantitative estimate of drug-likeness (QED) is 0.651. The van der Waals surface area contributed by atoms with Gasteiger partial charge in [-0.2, -0.15) is 10.2 Å². The number of para-hydroxylation sites is 1. The molecule has 1 aliphatic carbocycles. The van der Waals surface area contributed by atoms with Gasteiger partial charge < -0.3 is 5.11 Å². The van der Waals surface area contributed by atoms with E-state index < -0.39 is 0 Å². The van der Waals surface area contributed by atoms with Gasteiger partial charge in [-0.1, -0.05) is 48.8 Å². The molecule has 5 rings (SSSR count). The first kappa shape index (κ1) is 17.1. The zero-order chi connectivity index (χ0) is 19.1. The van der Waals surface area contributed by atoms with Crippen molar-refractivity contribution in [2.75, 3.05) is 0 Å². The number of hydrogen-bond acceptors (Lipinski definition) is 6. The zero-order valence-corrected chi connectivity index (χ0v) is 15.9. The molecule has 2 aromatic heterocycles. The number of hydrogen-bond donors (Lipinski definition) is 2. The fourth-order valence-corrected chi connectivity index (χ4v) is 4.90. The Bertz CT molecular complexity index is 1120. The van der Waals surface area contributed by atoms with E-state index in [1.807, 2.05) is 6.07 Å². The summed E-state index contributed by atoms with van der Waals surface area (Å²) < 4.78 is 1.78. The topological polar surface area (TPSA) is 91.9 Å². The van der Waals surface area contributed by atoms with E-state index in [9.17, 15) is 9.90 Å². The molecule has 3 heterocycles. The average molecular weight is 393 g/mol. The van der Waals surface area contributed by atoms with E-state index in [-0.39, 0.29) is 11.7 Å². The predicted octanol–water partition coefficient (Wildman–Crippen LogP) is 3.55. The number of phenols is 1. The number of rotatable bonds is 2. The van der Waals surface area contributed by atoms with Crippen LogP contribution in [0.1, 0.15) is 60.0 Å². The summed E-state index contributed by atoms with van der Waals surface area (Å²) in [4.78, 5) is 18.0. The second kappa shape index (κ2) is 6.87. The Balaban J connectivity index is 1.62. The summed E-state index contributed by atoms with van der Waals surface area (Å²) in [6.07, 6.45) is 9.36. The number of imidazole rings is 1. The monoisotopic (exact) mass is 393 g/mol. The number of aromatic nitrogens is 3.